The smallest absolute Gasteiger partial charge is 0.151 e. The lowest BCUT2D eigenvalue weighted by atomic mass is 9.92. The van der Waals surface area contributed by atoms with Gasteiger partial charge in [-0.3, -0.25) is 0 Å². The van der Waals surface area contributed by atoms with Gasteiger partial charge in [0, 0.05) is 18.5 Å². The summed E-state index contributed by atoms with van der Waals surface area (Å²) in [5.41, 5.74) is 1.05. The van der Waals surface area contributed by atoms with Crippen molar-refractivity contribution >= 4 is 5.82 Å². The topological polar surface area (TPSA) is 49.2 Å². The second-order valence-corrected chi connectivity index (χ2v) is 6.31. The third-order valence-corrected chi connectivity index (χ3v) is 3.60. The highest BCUT2D eigenvalue weighted by Gasteiger charge is 2.25. The maximum atomic E-state index is 9.73. The maximum Gasteiger partial charge on any atom is 0.151 e. The number of nitrogens with zero attached hydrogens (tertiary/aromatic N) is 3. The number of hydrogen-bond acceptors (Lipinski definition) is 4. The van der Waals surface area contributed by atoms with Crippen LogP contribution in [0.25, 0.3) is 0 Å². The van der Waals surface area contributed by atoms with Gasteiger partial charge in [-0.25, -0.2) is 0 Å². The molecule has 1 N–H and O–H groups in total. The van der Waals surface area contributed by atoms with Crippen molar-refractivity contribution in [3.8, 4) is 0 Å². The standard InChI is InChI=1S/C14H23N3O/c1-10-9-17(8-7-11(10)18)13-6-5-12(15-16-13)14(2,3)4/h5-6,10-11,18H,7-9H2,1-4H3/t10-,11+/m0/s1. The monoisotopic (exact) mass is 249 g/mol. The lowest BCUT2D eigenvalue weighted by molar-refractivity contribution is 0.0968. The van der Waals surface area contributed by atoms with Crippen LogP contribution in [0.2, 0.25) is 0 Å². The molecule has 0 amide bonds. The summed E-state index contributed by atoms with van der Waals surface area (Å²) < 4.78 is 0. The zero-order valence-corrected chi connectivity index (χ0v) is 11.7. The number of aromatic nitrogens is 2. The van der Waals surface area contributed by atoms with Gasteiger partial charge in [0.2, 0.25) is 0 Å². The van der Waals surface area contributed by atoms with Gasteiger partial charge in [-0.1, -0.05) is 27.7 Å². The van der Waals surface area contributed by atoms with Crippen LogP contribution in [0.4, 0.5) is 5.82 Å². The van der Waals surface area contributed by atoms with Gasteiger partial charge in [0.15, 0.2) is 5.82 Å². The van der Waals surface area contributed by atoms with Gasteiger partial charge >= 0.3 is 0 Å². The highest BCUT2D eigenvalue weighted by Crippen LogP contribution is 2.24. The molecule has 1 aliphatic heterocycles. The number of hydrogen-bond donors (Lipinski definition) is 1. The van der Waals surface area contributed by atoms with Crippen molar-refractivity contribution < 1.29 is 5.11 Å². The Labute approximate surface area is 109 Å². The molecule has 1 aromatic rings. The lowest BCUT2D eigenvalue weighted by Gasteiger charge is -2.35. The fourth-order valence-electron chi connectivity index (χ4n) is 2.24. The molecule has 0 spiro atoms. The molecule has 4 nitrogen and oxygen atoms in total. The van der Waals surface area contributed by atoms with E-state index in [2.05, 4.69) is 48.9 Å². The van der Waals surface area contributed by atoms with Crippen molar-refractivity contribution in [3.05, 3.63) is 17.8 Å². The molecule has 1 aromatic heterocycles. The van der Waals surface area contributed by atoms with Crippen LogP contribution in [0.1, 0.15) is 39.8 Å². The van der Waals surface area contributed by atoms with Gasteiger partial charge < -0.3 is 10.0 Å². The maximum absolute atomic E-state index is 9.73. The number of rotatable bonds is 1. The summed E-state index contributed by atoms with van der Waals surface area (Å²) in [5.74, 6) is 1.21. The summed E-state index contributed by atoms with van der Waals surface area (Å²) in [6.45, 7) is 10.2. The first kappa shape index (κ1) is 13.3. The number of piperidine rings is 1. The van der Waals surface area contributed by atoms with Gasteiger partial charge in [0.1, 0.15) is 0 Å². The third-order valence-electron chi connectivity index (χ3n) is 3.60. The van der Waals surface area contributed by atoms with E-state index >= 15 is 0 Å². The Bertz CT molecular complexity index is 396. The molecule has 18 heavy (non-hydrogen) atoms. The zero-order chi connectivity index (χ0) is 13.3. The molecule has 100 valence electrons. The highest BCUT2D eigenvalue weighted by molar-refractivity contribution is 5.38. The average Bonchev–Trinajstić information content (AvgIpc) is 2.32. The summed E-state index contributed by atoms with van der Waals surface area (Å²) in [6.07, 6.45) is 0.632. The van der Waals surface area contributed by atoms with Crippen LogP contribution in [0.5, 0.6) is 0 Å². The van der Waals surface area contributed by atoms with E-state index in [1.807, 2.05) is 6.07 Å². The molecule has 2 heterocycles. The molecule has 1 fully saturated rings. The van der Waals surface area contributed by atoms with E-state index in [0.29, 0.717) is 5.92 Å². The first-order chi connectivity index (χ1) is 8.38. The predicted molar refractivity (Wildman–Crippen MR) is 72.7 cm³/mol. The molecule has 0 aliphatic carbocycles. The Morgan fingerprint density at radius 2 is 2.00 bits per heavy atom. The summed E-state index contributed by atoms with van der Waals surface area (Å²) in [7, 11) is 0. The van der Waals surface area contributed by atoms with Crippen molar-refractivity contribution in [2.24, 2.45) is 5.92 Å². The van der Waals surface area contributed by atoms with Crippen LogP contribution in [-0.2, 0) is 5.41 Å². The van der Waals surface area contributed by atoms with E-state index in [-0.39, 0.29) is 11.5 Å². The molecule has 2 rings (SSSR count). The molecular formula is C14H23N3O. The summed E-state index contributed by atoms with van der Waals surface area (Å²) in [6, 6.07) is 4.09. The minimum absolute atomic E-state index is 0.0386. The highest BCUT2D eigenvalue weighted by atomic mass is 16.3. The Kier molecular flexibility index (Phi) is 3.57. The van der Waals surface area contributed by atoms with E-state index < -0.39 is 0 Å². The van der Waals surface area contributed by atoms with Gasteiger partial charge in [0.05, 0.1) is 11.8 Å². The molecule has 1 saturated heterocycles. The molecule has 0 aromatic carbocycles. The van der Waals surface area contributed by atoms with E-state index in [9.17, 15) is 5.11 Å². The molecule has 0 saturated carbocycles. The number of aliphatic hydroxyl groups is 1. The summed E-state index contributed by atoms with van der Waals surface area (Å²) in [4.78, 5) is 2.21. The third kappa shape index (κ3) is 2.80. The van der Waals surface area contributed by atoms with Crippen LogP contribution >= 0.6 is 0 Å². The number of anilines is 1. The quantitative estimate of drug-likeness (QED) is 0.827. The van der Waals surface area contributed by atoms with Gasteiger partial charge in [-0.2, -0.15) is 5.10 Å². The van der Waals surface area contributed by atoms with E-state index in [1.165, 1.54) is 0 Å². The fourth-order valence-corrected chi connectivity index (χ4v) is 2.24. The van der Waals surface area contributed by atoms with Crippen molar-refractivity contribution in [1.29, 1.82) is 0 Å². The van der Waals surface area contributed by atoms with Crippen LogP contribution < -0.4 is 4.90 Å². The largest absolute Gasteiger partial charge is 0.393 e. The van der Waals surface area contributed by atoms with Crippen LogP contribution in [0.3, 0.4) is 0 Å². The second-order valence-electron chi connectivity index (χ2n) is 6.31. The van der Waals surface area contributed by atoms with Crippen LogP contribution in [-0.4, -0.2) is 34.5 Å². The Balaban J connectivity index is 2.11. The minimum atomic E-state index is -0.178. The molecule has 0 bridgehead atoms. The first-order valence-corrected chi connectivity index (χ1v) is 6.65. The van der Waals surface area contributed by atoms with Crippen molar-refractivity contribution in [1.82, 2.24) is 10.2 Å². The van der Waals surface area contributed by atoms with Crippen LogP contribution in [0, 0.1) is 5.92 Å². The van der Waals surface area contributed by atoms with E-state index in [1.54, 1.807) is 0 Å². The molecule has 4 heteroatoms. The predicted octanol–water partition coefficient (Wildman–Crippen LogP) is 1.98. The Morgan fingerprint density at radius 3 is 2.50 bits per heavy atom. The fraction of sp³-hybridized carbons (Fsp3) is 0.714. The minimum Gasteiger partial charge on any atom is -0.393 e. The SMILES string of the molecule is C[C@H]1CN(c2ccc(C(C)(C)C)nn2)CC[C@H]1O. The van der Waals surface area contributed by atoms with E-state index in [4.69, 9.17) is 0 Å². The van der Waals surface area contributed by atoms with Crippen molar-refractivity contribution in [2.45, 2.75) is 45.6 Å². The average molecular weight is 249 g/mol. The normalized spacial score (nSPS) is 25.3. The van der Waals surface area contributed by atoms with Crippen LogP contribution in [0.15, 0.2) is 12.1 Å². The van der Waals surface area contributed by atoms with Gasteiger partial charge in [-0.05, 0) is 24.5 Å². The Morgan fingerprint density at radius 1 is 1.28 bits per heavy atom. The molecule has 0 unspecified atom stereocenters. The summed E-state index contributed by atoms with van der Waals surface area (Å²) in [5, 5.41) is 18.4. The van der Waals surface area contributed by atoms with E-state index in [0.717, 1.165) is 31.0 Å². The second kappa shape index (κ2) is 4.84. The molecule has 0 radical (unpaired) electrons. The molecule has 2 atom stereocenters. The number of aliphatic hydroxyl groups excluding tert-OH is 1. The summed E-state index contributed by atoms with van der Waals surface area (Å²) >= 11 is 0. The van der Waals surface area contributed by atoms with Gasteiger partial charge in [0.25, 0.3) is 0 Å². The first-order valence-electron chi connectivity index (χ1n) is 6.65. The Hall–Kier alpha value is -1.16. The zero-order valence-electron chi connectivity index (χ0n) is 11.7. The molecular weight excluding hydrogens is 226 g/mol. The van der Waals surface area contributed by atoms with Crippen molar-refractivity contribution in [3.63, 3.8) is 0 Å². The van der Waals surface area contributed by atoms with Crippen molar-refractivity contribution in [2.75, 3.05) is 18.0 Å². The lowest BCUT2D eigenvalue weighted by Crippen LogP contribution is -2.42. The molecule has 1 aliphatic rings. The van der Waals surface area contributed by atoms with Gasteiger partial charge in [-0.15, -0.1) is 5.10 Å².